The number of carbonyl (C=O) groups is 2. The fourth-order valence-corrected chi connectivity index (χ4v) is 1.73. The van der Waals surface area contributed by atoms with Crippen molar-refractivity contribution in [2.24, 2.45) is 5.92 Å². The van der Waals surface area contributed by atoms with E-state index in [0.29, 0.717) is 13.1 Å². The molecule has 0 saturated carbocycles. The summed E-state index contributed by atoms with van der Waals surface area (Å²) in [5.74, 6) is -1.91. The van der Waals surface area contributed by atoms with Crippen LogP contribution in [0.1, 0.15) is 26.7 Å². The summed E-state index contributed by atoms with van der Waals surface area (Å²) in [5.41, 5.74) is 0.805. The topological polar surface area (TPSA) is 61.2 Å². The van der Waals surface area contributed by atoms with Gasteiger partial charge in [0.05, 0.1) is 6.07 Å². The predicted octanol–water partition coefficient (Wildman–Crippen LogP) is 1.28. The first-order valence-electron chi connectivity index (χ1n) is 5.43. The second kappa shape index (κ2) is 5.45. The Hall–Kier alpha value is -1.63. The number of allylic oxidation sites excluding steroid dienone is 2. The Morgan fingerprint density at radius 3 is 2.31 bits per heavy atom. The highest BCUT2D eigenvalue weighted by molar-refractivity contribution is 6.09. The summed E-state index contributed by atoms with van der Waals surface area (Å²) < 4.78 is 0. The number of nitriles is 1. The largest absolute Gasteiger partial charge is 0.341 e. The van der Waals surface area contributed by atoms with E-state index in [1.807, 2.05) is 0 Å². The lowest BCUT2D eigenvalue weighted by Gasteiger charge is -2.17. The average molecular weight is 220 g/mol. The molecule has 0 aliphatic carbocycles. The third-order valence-corrected chi connectivity index (χ3v) is 2.51. The first-order chi connectivity index (χ1) is 7.56. The van der Waals surface area contributed by atoms with Crippen molar-refractivity contribution in [2.45, 2.75) is 26.7 Å². The van der Waals surface area contributed by atoms with Gasteiger partial charge in [0.15, 0.2) is 11.7 Å². The molecule has 4 nitrogen and oxygen atoms in total. The molecule has 1 saturated heterocycles. The Morgan fingerprint density at radius 2 is 1.88 bits per heavy atom. The van der Waals surface area contributed by atoms with E-state index < -0.39 is 11.7 Å². The second-order valence-electron chi connectivity index (χ2n) is 4.22. The standard InChI is InChI=1S/C12H16N2O2/c1-9(2)7-11(15)10(8-13)12(16)14-5-3-4-6-14/h7,10H,3-6H2,1-2H3. The maximum atomic E-state index is 11.9. The van der Waals surface area contributed by atoms with Gasteiger partial charge in [0, 0.05) is 13.1 Å². The van der Waals surface area contributed by atoms with E-state index in [-0.39, 0.29) is 5.91 Å². The Morgan fingerprint density at radius 1 is 1.31 bits per heavy atom. The van der Waals surface area contributed by atoms with Crippen LogP contribution in [0, 0.1) is 17.2 Å². The molecule has 1 amide bonds. The Balaban J connectivity index is 2.74. The molecular weight excluding hydrogens is 204 g/mol. The summed E-state index contributed by atoms with van der Waals surface area (Å²) in [5, 5.41) is 8.89. The van der Waals surface area contributed by atoms with E-state index in [9.17, 15) is 9.59 Å². The van der Waals surface area contributed by atoms with Crippen molar-refractivity contribution in [2.75, 3.05) is 13.1 Å². The van der Waals surface area contributed by atoms with Crippen LogP contribution in [-0.2, 0) is 9.59 Å². The van der Waals surface area contributed by atoms with Crippen LogP contribution in [0.15, 0.2) is 11.6 Å². The predicted molar refractivity (Wildman–Crippen MR) is 59.4 cm³/mol. The summed E-state index contributed by atoms with van der Waals surface area (Å²) in [6.07, 6.45) is 3.28. The fraction of sp³-hybridized carbons (Fsp3) is 0.583. The van der Waals surface area contributed by atoms with Crippen molar-refractivity contribution in [3.8, 4) is 6.07 Å². The highest BCUT2D eigenvalue weighted by Crippen LogP contribution is 2.13. The van der Waals surface area contributed by atoms with Crippen LogP contribution in [-0.4, -0.2) is 29.7 Å². The molecule has 16 heavy (non-hydrogen) atoms. The molecule has 4 heteroatoms. The third-order valence-electron chi connectivity index (χ3n) is 2.51. The zero-order chi connectivity index (χ0) is 12.1. The van der Waals surface area contributed by atoms with Crippen LogP contribution >= 0.6 is 0 Å². The molecule has 0 spiro atoms. The van der Waals surface area contributed by atoms with Gasteiger partial charge in [0.2, 0.25) is 5.91 Å². The van der Waals surface area contributed by atoms with Crippen LogP contribution in [0.25, 0.3) is 0 Å². The number of ketones is 1. The molecule has 1 aliphatic rings. The fourth-order valence-electron chi connectivity index (χ4n) is 1.73. The van der Waals surface area contributed by atoms with Crippen molar-refractivity contribution < 1.29 is 9.59 Å². The van der Waals surface area contributed by atoms with Crippen molar-refractivity contribution in [3.63, 3.8) is 0 Å². The number of rotatable bonds is 3. The monoisotopic (exact) mass is 220 g/mol. The highest BCUT2D eigenvalue weighted by Gasteiger charge is 2.30. The number of likely N-dealkylation sites (tertiary alicyclic amines) is 1. The third kappa shape index (κ3) is 2.93. The van der Waals surface area contributed by atoms with E-state index >= 15 is 0 Å². The molecule has 1 unspecified atom stereocenters. The zero-order valence-electron chi connectivity index (χ0n) is 9.69. The maximum Gasteiger partial charge on any atom is 0.247 e. The average Bonchev–Trinajstić information content (AvgIpc) is 2.69. The van der Waals surface area contributed by atoms with Crippen molar-refractivity contribution in [1.82, 2.24) is 4.90 Å². The van der Waals surface area contributed by atoms with E-state index in [0.717, 1.165) is 18.4 Å². The number of nitrogens with zero attached hydrogens (tertiary/aromatic N) is 2. The van der Waals surface area contributed by atoms with Gasteiger partial charge in [-0.2, -0.15) is 5.26 Å². The van der Waals surface area contributed by atoms with Crippen LogP contribution in [0.4, 0.5) is 0 Å². The summed E-state index contributed by atoms with van der Waals surface area (Å²) in [6.45, 7) is 4.87. The smallest absolute Gasteiger partial charge is 0.247 e. The Bertz CT molecular complexity index is 356. The van der Waals surface area contributed by atoms with Crippen molar-refractivity contribution in [1.29, 1.82) is 5.26 Å². The van der Waals surface area contributed by atoms with Gasteiger partial charge in [0.25, 0.3) is 0 Å². The quantitative estimate of drug-likeness (QED) is 0.531. The maximum absolute atomic E-state index is 11.9. The molecule has 1 atom stereocenters. The number of amides is 1. The molecule has 0 aromatic rings. The minimum Gasteiger partial charge on any atom is -0.341 e. The SMILES string of the molecule is CC(C)=CC(=O)C(C#N)C(=O)N1CCCC1. The number of carbonyl (C=O) groups excluding carboxylic acids is 2. The van der Waals surface area contributed by atoms with Crippen LogP contribution in [0.5, 0.6) is 0 Å². The molecule has 0 N–H and O–H groups in total. The van der Waals surface area contributed by atoms with Crippen LogP contribution in [0.2, 0.25) is 0 Å². The summed E-state index contributed by atoms with van der Waals surface area (Å²) in [7, 11) is 0. The lowest BCUT2D eigenvalue weighted by molar-refractivity contribution is -0.136. The lowest BCUT2D eigenvalue weighted by Crippen LogP contribution is -2.36. The molecular formula is C12H16N2O2. The molecule has 86 valence electrons. The van der Waals surface area contributed by atoms with E-state index in [2.05, 4.69) is 0 Å². The molecule has 0 bridgehead atoms. The number of hydrogen-bond acceptors (Lipinski definition) is 3. The van der Waals surface area contributed by atoms with Crippen LogP contribution < -0.4 is 0 Å². The highest BCUT2D eigenvalue weighted by atomic mass is 16.2. The van der Waals surface area contributed by atoms with Crippen LogP contribution in [0.3, 0.4) is 0 Å². The first kappa shape index (κ1) is 12.4. The van der Waals surface area contributed by atoms with Crippen molar-refractivity contribution >= 4 is 11.7 Å². The summed E-state index contributed by atoms with van der Waals surface area (Å²) >= 11 is 0. The minimum absolute atomic E-state index is 0.345. The van der Waals surface area contributed by atoms with Gasteiger partial charge >= 0.3 is 0 Å². The van der Waals surface area contributed by atoms with Gasteiger partial charge in [0.1, 0.15) is 0 Å². The molecule has 1 rings (SSSR count). The van der Waals surface area contributed by atoms with E-state index in [4.69, 9.17) is 5.26 Å². The Kier molecular flexibility index (Phi) is 4.24. The normalized spacial score (nSPS) is 16.4. The van der Waals surface area contributed by atoms with Gasteiger partial charge in [-0.15, -0.1) is 0 Å². The van der Waals surface area contributed by atoms with Gasteiger partial charge < -0.3 is 4.90 Å². The molecule has 0 aromatic carbocycles. The number of hydrogen-bond donors (Lipinski definition) is 0. The summed E-state index contributed by atoms with van der Waals surface area (Å²) in [4.78, 5) is 25.1. The van der Waals surface area contributed by atoms with E-state index in [1.165, 1.54) is 6.08 Å². The van der Waals surface area contributed by atoms with Gasteiger partial charge in [-0.1, -0.05) is 5.57 Å². The molecule has 1 heterocycles. The lowest BCUT2D eigenvalue weighted by atomic mass is 10.0. The van der Waals surface area contributed by atoms with Gasteiger partial charge in [-0.3, -0.25) is 9.59 Å². The molecule has 1 fully saturated rings. The van der Waals surface area contributed by atoms with E-state index in [1.54, 1.807) is 24.8 Å². The molecule has 0 radical (unpaired) electrons. The van der Waals surface area contributed by atoms with Crippen molar-refractivity contribution in [3.05, 3.63) is 11.6 Å². The summed E-state index contributed by atoms with van der Waals surface area (Å²) in [6, 6.07) is 1.80. The Labute approximate surface area is 95.5 Å². The molecule has 1 aliphatic heterocycles. The van der Waals surface area contributed by atoms with Gasteiger partial charge in [-0.05, 0) is 32.8 Å². The minimum atomic E-state index is -1.16. The second-order valence-corrected chi connectivity index (χ2v) is 4.22. The van der Waals surface area contributed by atoms with Gasteiger partial charge in [-0.25, -0.2) is 0 Å². The first-order valence-corrected chi connectivity index (χ1v) is 5.43. The molecule has 0 aromatic heterocycles. The zero-order valence-corrected chi connectivity index (χ0v) is 9.69.